The second-order valence-electron chi connectivity index (χ2n) is 6.79. The summed E-state index contributed by atoms with van der Waals surface area (Å²) in [6, 6.07) is 9.95. The number of aromatic amines is 1. The van der Waals surface area contributed by atoms with Crippen molar-refractivity contribution in [3.05, 3.63) is 52.8 Å². The highest BCUT2D eigenvalue weighted by molar-refractivity contribution is 6.06. The molecule has 134 valence electrons. The lowest BCUT2D eigenvalue weighted by molar-refractivity contribution is 0.0737. The predicted octanol–water partition coefficient (Wildman–Crippen LogP) is 3.56. The van der Waals surface area contributed by atoms with Gasteiger partial charge in [0.2, 0.25) is 0 Å². The molecule has 1 saturated heterocycles. The number of likely N-dealkylation sites (tertiary alicyclic amines) is 1. The van der Waals surface area contributed by atoms with Crippen LogP contribution in [0.15, 0.2) is 30.3 Å². The monoisotopic (exact) mass is 350 g/mol. The molecule has 6 nitrogen and oxygen atoms in total. The zero-order chi connectivity index (χ0) is 18.3. The Hall–Kier alpha value is -2.89. The lowest BCUT2D eigenvalue weighted by atomic mass is 10.0. The molecule has 1 aliphatic heterocycles. The van der Waals surface area contributed by atoms with Crippen molar-refractivity contribution in [3.8, 4) is 5.75 Å². The lowest BCUT2D eigenvalue weighted by Gasteiger charge is -2.25. The first-order valence-electron chi connectivity index (χ1n) is 8.85. The molecule has 4 rings (SSSR count). The summed E-state index contributed by atoms with van der Waals surface area (Å²) in [6.07, 6.45) is 1.97. The number of rotatable bonds is 3. The smallest absolute Gasteiger partial charge is 0.255 e. The molecule has 26 heavy (non-hydrogen) atoms. The second kappa shape index (κ2) is 6.44. The van der Waals surface area contributed by atoms with Gasteiger partial charge >= 0.3 is 0 Å². The summed E-state index contributed by atoms with van der Waals surface area (Å²) in [5, 5.41) is 7.99. The number of H-pyrrole nitrogens is 1. The largest absolute Gasteiger partial charge is 0.497 e. The van der Waals surface area contributed by atoms with Crippen molar-refractivity contribution < 1.29 is 9.53 Å². The summed E-state index contributed by atoms with van der Waals surface area (Å²) >= 11 is 0. The van der Waals surface area contributed by atoms with Crippen LogP contribution in [-0.4, -0.2) is 39.6 Å². The van der Waals surface area contributed by atoms with E-state index in [9.17, 15) is 4.79 Å². The molecular weight excluding hydrogens is 328 g/mol. The molecule has 0 bridgehead atoms. The Morgan fingerprint density at radius 1 is 1.27 bits per heavy atom. The molecule has 1 N–H and O–H groups in total. The predicted molar refractivity (Wildman–Crippen MR) is 99.4 cm³/mol. The Labute approximate surface area is 152 Å². The summed E-state index contributed by atoms with van der Waals surface area (Å²) in [5.74, 6) is 0.869. The van der Waals surface area contributed by atoms with Crippen LogP contribution in [0, 0.1) is 13.8 Å². The molecule has 1 atom stereocenters. The molecule has 3 aromatic rings. The maximum atomic E-state index is 13.4. The summed E-state index contributed by atoms with van der Waals surface area (Å²) in [5.41, 5.74) is 4.09. The number of benzene rings is 1. The van der Waals surface area contributed by atoms with Gasteiger partial charge in [0.1, 0.15) is 5.75 Å². The van der Waals surface area contributed by atoms with Crippen LogP contribution in [0.3, 0.4) is 0 Å². The molecule has 3 heterocycles. The van der Waals surface area contributed by atoms with Crippen LogP contribution < -0.4 is 4.74 Å². The molecule has 1 aromatic carbocycles. The number of fused-ring (bicyclic) bond motifs is 1. The third-order valence-corrected chi connectivity index (χ3v) is 5.08. The molecule has 0 saturated carbocycles. The van der Waals surface area contributed by atoms with E-state index >= 15 is 0 Å². The molecule has 1 fully saturated rings. The normalized spacial score (nSPS) is 17.0. The Bertz CT molecular complexity index is 962. The fraction of sp³-hybridized carbons (Fsp3) is 0.350. The quantitative estimate of drug-likeness (QED) is 0.784. The Morgan fingerprint density at radius 2 is 2.04 bits per heavy atom. The van der Waals surface area contributed by atoms with Gasteiger partial charge in [0.05, 0.1) is 24.1 Å². The van der Waals surface area contributed by atoms with Gasteiger partial charge in [0.15, 0.2) is 5.65 Å². The molecule has 1 aliphatic rings. The first-order chi connectivity index (χ1) is 12.6. The second-order valence-corrected chi connectivity index (χ2v) is 6.79. The summed E-state index contributed by atoms with van der Waals surface area (Å²) in [7, 11) is 1.66. The maximum absolute atomic E-state index is 13.4. The standard InChI is InChI=1S/C20H22N4O2/c1-12-11-16(18-13(2)22-23-19(18)21-12)20(25)24-10-4-5-17(24)14-6-8-15(26-3)9-7-14/h6-9,11,17H,4-5,10H2,1-3H3,(H,21,22,23)/t17-/m0/s1. The Kier molecular flexibility index (Phi) is 4.11. The van der Waals surface area contributed by atoms with Crippen LogP contribution in [0.5, 0.6) is 5.75 Å². The van der Waals surface area contributed by atoms with Crippen molar-refractivity contribution >= 4 is 16.9 Å². The molecule has 0 radical (unpaired) electrons. The highest BCUT2D eigenvalue weighted by Crippen LogP contribution is 2.35. The minimum atomic E-state index is 0.0447. The number of aromatic nitrogens is 3. The van der Waals surface area contributed by atoms with Crippen molar-refractivity contribution in [3.63, 3.8) is 0 Å². The van der Waals surface area contributed by atoms with E-state index in [4.69, 9.17) is 4.74 Å². The number of carbonyl (C=O) groups excluding carboxylic acids is 1. The third kappa shape index (κ3) is 2.71. The highest BCUT2D eigenvalue weighted by Gasteiger charge is 2.32. The van der Waals surface area contributed by atoms with E-state index in [-0.39, 0.29) is 11.9 Å². The van der Waals surface area contributed by atoms with Gasteiger partial charge in [-0.1, -0.05) is 12.1 Å². The van der Waals surface area contributed by atoms with Gasteiger partial charge in [-0.15, -0.1) is 0 Å². The number of methoxy groups -OCH3 is 1. The number of amides is 1. The van der Waals surface area contributed by atoms with Gasteiger partial charge in [-0.3, -0.25) is 9.89 Å². The molecule has 0 unspecified atom stereocenters. The molecule has 1 amide bonds. The van der Waals surface area contributed by atoms with Crippen LogP contribution in [-0.2, 0) is 0 Å². The van der Waals surface area contributed by atoms with Gasteiger partial charge in [0.25, 0.3) is 5.91 Å². The zero-order valence-electron chi connectivity index (χ0n) is 15.2. The SMILES string of the molecule is COc1ccc([C@@H]2CCCN2C(=O)c2cc(C)nc3n[nH]c(C)c23)cc1. The van der Waals surface area contributed by atoms with E-state index in [0.29, 0.717) is 11.2 Å². The fourth-order valence-corrected chi connectivity index (χ4v) is 3.81. The van der Waals surface area contributed by atoms with Crippen LogP contribution in [0.4, 0.5) is 0 Å². The van der Waals surface area contributed by atoms with Crippen molar-refractivity contribution in [2.45, 2.75) is 32.7 Å². The third-order valence-electron chi connectivity index (χ3n) is 5.08. The van der Waals surface area contributed by atoms with E-state index < -0.39 is 0 Å². The van der Waals surface area contributed by atoms with Crippen LogP contribution in [0.25, 0.3) is 11.0 Å². The summed E-state index contributed by atoms with van der Waals surface area (Å²) < 4.78 is 5.24. The van der Waals surface area contributed by atoms with Gasteiger partial charge in [0, 0.05) is 17.9 Å². The van der Waals surface area contributed by atoms with Crippen LogP contribution >= 0.6 is 0 Å². The first kappa shape index (κ1) is 16.6. The minimum absolute atomic E-state index is 0.0447. The first-order valence-corrected chi connectivity index (χ1v) is 8.85. The Morgan fingerprint density at radius 3 is 2.77 bits per heavy atom. The summed E-state index contributed by atoms with van der Waals surface area (Å²) in [6.45, 7) is 4.58. The van der Waals surface area contributed by atoms with Gasteiger partial charge in [-0.25, -0.2) is 4.98 Å². The van der Waals surface area contributed by atoms with E-state index in [1.165, 1.54) is 0 Å². The number of aryl methyl sites for hydroxylation is 2. The van der Waals surface area contributed by atoms with E-state index in [2.05, 4.69) is 15.2 Å². The average molecular weight is 350 g/mol. The molecule has 0 spiro atoms. The van der Waals surface area contributed by atoms with Gasteiger partial charge in [-0.2, -0.15) is 5.10 Å². The summed E-state index contributed by atoms with van der Waals surface area (Å²) in [4.78, 5) is 19.8. The number of carbonyl (C=O) groups is 1. The molecule has 0 aliphatic carbocycles. The van der Waals surface area contributed by atoms with Crippen molar-refractivity contribution in [2.75, 3.05) is 13.7 Å². The van der Waals surface area contributed by atoms with Crippen molar-refractivity contribution in [2.24, 2.45) is 0 Å². The van der Waals surface area contributed by atoms with Crippen LogP contribution in [0.1, 0.15) is 46.2 Å². The van der Waals surface area contributed by atoms with Gasteiger partial charge < -0.3 is 9.64 Å². The number of nitrogens with zero attached hydrogens (tertiary/aromatic N) is 3. The number of hydrogen-bond donors (Lipinski definition) is 1. The topological polar surface area (TPSA) is 71.1 Å². The minimum Gasteiger partial charge on any atom is -0.497 e. The number of nitrogens with one attached hydrogen (secondary N) is 1. The highest BCUT2D eigenvalue weighted by atomic mass is 16.5. The average Bonchev–Trinajstić information content (AvgIpc) is 3.28. The van der Waals surface area contributed by atoms with Crippen LogP contribution in [0.2, 0.25) is 0 Å². The molecule has 2 aromatic heterocycles. The Balaban J connectivity index is 1.72. The zero-order valence-corrected chi connectivity index (χ0v) is 15.2. The van der Waals surface area contributed by atoms with Crippen molar-refractivity contribution in [1.29, 1.82) is 0 Å². The molecular formula is C20H22N4O2. The van der Waals surface area contributed by atoms with E-state index in [1.807, 2.05) is 49.1 Å². The number of pyridine rings is 1. The number of hydrogen-bond acceptors (Lipinski definition) is 4. The lowest BCUT2D eigenvalue weighted by Crippen LogP contribution is -2.30. The molecule has 6 heteroatoms. The number of ether oxygens (including phenoxy) is 1. The van der Waals surface area contributed by atoms with Gasteiger partial charge in [-0.05, 0) is 50.5 Å². The van der Waals surface area contributed by atoms with E-state index in [0.717, 1.165) is 47.5 Å². The maximum Gasteiger partial charge on any atom is 0.255 e. The fourth-order valence-electron chi connectivity index (χ4n) is 3.81. The van der Waals surface area contributed by atoms with E-state index in [1.54, 1.807) is 7.11 Å². The van der Waals surface area contributed by atoms with Crippen molar-refractivity contribution in [1.82, 2.24) is 20.1 Å².